The highest BCUT2D eigenvalue weighted by Crippen LogP contribution is 2.26. The van der Waals surface area contributed by atoms with Crippen LogP contribution in [-0.2, 0) is 23.8 Å². The predicted octanol–water partition coefficient (Wildman–Crippen LogP) is 3.13. The van der Waals surface area contributed by atoms with Crippen molar-refractivity contribution >= 4 is 11.8 Å². The fraction of sp³-hybridized carbons (Fsp3) is 0.765. The number of Topliss-reactive ketones (excluding diaryl/α,β-unsaturated/α-hetero) is 1. The molecule has 0 rings (SSSR count). The van der Waals surface area contributed by atoms with Gasteiger partial charge in [0.2, 0.25) is 0 Å². The molecule has 0 aliphatic heterocycles. The largest absolute Gasteiger partial charge is 0.468 e. The minimum absolute atomic E-state index is 0.240. The second-order valence-electron chi connectivity index (χ2n) is 5.32. The van der Waals surface area contributed by atoms with E-state index in [0.717, 1.165) is 12.8 Å². The van der Waals surface area contributed by atoms with Crippen LogP contribution < -0.4 is 0 Å². The third-order valence-electron chi connectivity index (χ3n) is 3.68. The summed E-state index contributed by atoms with van der Waals surface area (Å²) in [5, 5.41) is 0. The van der Waals surface area contributed by atoms with Gasteiger partial charge in [0.1, 0.15) is 11.7 Å². The third-order valence-corrected chi connectivity index (χ3v) is 3.68. The lowest BCUT2D eigenvalue weighted by Gasteiger charge is -2.28. The van der Waals surface area contributed by atoms with Gasteiger partial charge in [-0.15, -0.1) is 0 Å². The van der Waals surface area contributed by atoms with Gasteiger partial charge in [-0.1, -0.05) is 31.9 Å². The highest BCUT2D eigenvalue weighted by atomic mass is 16.7. The molecule has 0 N–H and O–H groups in total. The van der Waals surface area contributed by atoms with Crippen LogP contribution in [-0.4, -0.2) is 39.4 Å². The van der Waals surface area contributed by atoms with Crippen molar-refractivity contribution in [1.82, 2.24) is 0 Å². The number of hydrogen-bond donors (Lipinski definition) is 0. The Morgan fingerprint density at radius 3 is 2.14 bits per heavy atom. The number of hydrogen-bond acceptors (Lipinski definition) is 5. The lowest BCUT2D eigenvalue weighted by Crippen LogP contribution is -2.39. The molecule has 0 aliphatic carbocycles. The number of unbranched alkanes of at least 4 members (excludes halogenated alkanes) is 3. The standard InChI is InChI=1S/C17H30O5/c1-6-7-8-9-10-11-12-14(17(21-4)22-5)15(13(2)18)16(19)20-3/h10-11,14-15,17H,6-9,12H2,1-5H3/b11-10+/t14-,15?/m1/s1. The summed E-state index contributed by atoms with van der Waals surface area (Å²) in [5.41, 5.74) is 0. The first-order valence-electron chi connectivity index (χ1n) is 7.82. The molecule has 0 aromatic rings. The van der Waals surface area contributed by atoms with Gasteiger partial charge in [-0.05, 0) is 26.2 Å². The maximum atomic E-state index is 11.9. The molecule has 0 spiro atoms. The summed E-state index contributed by atoms with van der Waals surface area (Å²) in [6, 6.07) is 0. The van der Waals surface area contributed by atoms with Crippen molar-refractivity contribution < 1.29 is 23.8 Å². The van der Waals surface area contributed by atoms with Crippen molar-refractivity contribution in [3.8, 4) is 0 Å². The van der Waals surface area contributed by atoms with Gasteiger partial charge in [0.25, 0.3) is 0 Å². The minimum atomic E-state index is -0.879. The summed E-state index contributed by atoms with van der Waals surface area (Å²) in [4.78, 5) is 23.8. The van der Waals surface area contributed by atoms with Gasteiger partial charge in [0.05, 0.1) is 7.11 Å². The number of esters is 1. The smallest absolute Gasteiger partial charge is 0.316 e. The van der Waals surface area contributed by atoms with E-state index in [4.69, 9.17) is 14.2 Å². The van der Waals surface area contributed by atoms with Crippen LogP contribution in [0.1, 0.15) is 46.0 Å². The van der Waals surface area contributed by atoms with Crippen LogP contribution >= 0.6 is 0 Å². The average molecular weight is 314 g/mol. The highest BCUT2D eigenvalue weighted by molar-refractivity contribution is 5.98. The Morgan fingerprint density at radius 1 is 1.05 bits per heavy atom. The Hall–Kier alpha value is -1.20. The molecule has 0 aromatic heterocycles. The maximum absolute atomic E-state index is 11.9. The van der Waals surface area contributed by atoms with Crippen molar-refractivity contribution in [2.75, 3.05) is 21.3 Å². The molecule has 1 unspecified atom stereocenters. The van der Waals surface area contributed by atoms with Crippen molar-refractivity contribution in [2.45, 2.75) is 52.2 Å². The van der Waals surface area contributed by atoms with E-state index in [2.05, 4.69) is 13.0 Å². The number of carbonyl (C=O) groups is 2. The lowest BCUT2D eigenvalue weighted by molar-refractivity contribution is -0.172. The second-order valence-corrected chi connectivity index (χ2v) is 5.32. The minimum Gasteiger partial charge on any atom is -0.468 e. The van der Waals surface area contributed by atoms with Crippen molar-refractivity contribution in [3.05, 3.63) is 12.2 Å². The lowest BCUT2D eigenvalue weighted by atomic mass is 9.85. The Bertz CT molecular complexity index is 347. The molecule has 0 heterocycles. The Balaban J connectivity index is 4.94. The van der Waals surface area contributed by atoms with Gasteiger partial charge in [-0.3, -0.25) is 9.59 Å². The first-order valence-corrected chi connectivity index (χ1v) is 7.82. The monoisotopic (exact) mass is 314 g/mol. The van der Waals surface area contributed by atoms with Crippen molar-refractivity contribution in [3.63, 3.8) is 0 Å². The van der Waals surface area contributed by atoms with Crippen LogP contribution in [0.3, 0.4) is 0 Å². The first kappa shape index (κ1) is 20.8. The summed E-state index contributed by atoms with van der Waals surface area (Å²) >= 11 is 0. The molecule has 0 amide bonds. The molecule has 2 atom stereocenters. The van der Waals surface area contributed by atoms with Crippen molar-refractivity contribution in [1.29, 1.82) is 0 Å². The fourth-order valence-corrected chi connectivity index (χ4v) is 2.50. The summed E-state index contributed by atoms with van der Waals surface area (Å²) in [5.74, 6) is -2.07. The Labute approximate surface area is 134 Å². The van der Waals surface area contributed by atoms with E-state index in [9.17, 15) is 9.59 Å². The third kappa shape index (κ3) is 7.18. The van der Waals surface area contributed by atoms with E-state index in [0.29, 0.717) is 6.42 Å². The van der Waals surface area contributed by atoms with Crippen molar-refractivity contribution in [2.24, 2.45) is 11.8 Å². The average Bonchev–Trinajstić information content (AvgIpc) is 2.50. The summed E-state index contributed by atoms with van der Waals surface area (Å²) in [6.45, 7) is 3.55. The van der Waals surface area contributed by atoms with Gasteiger partial charge in [0, 0.05) is 20.1 Å². The number of allylic oxidation sites excluding steroid dienone is 2. The fourth-order valence-electron chi connectivity index (χ4n) is 2.50. The molecular formula is C17H30O5. The zero-order valence-corrected chi connectivity index (χ0v) is 14.5. The molecule has 0 aliphatic rings. The summed E-state index contributed by atoms with van der Waals surface area (Å²) < 4.78 is 15.3. The molecule has 0 aromatic carbocycles. The maximum Gasteiger partial charge on any atom is 0.316 e. The zero-order valence-electron chi connectivity index (χ0n) is 14.5. The van der Waals surface area contributed by atoms with Crippen LogP contribution in [0.4, 0.5) is 0 Å². The van der Waals surface area contributed by atoms with Crippen LogP contribution in [0, 0.1) is 11.8 Å². The Morgan fingerprint density at radius 2 is 1.68 bits per heavy atom. The van der Waals surface area contributed by atoms with E-state index in [-0.39, 0.29) is 5.78 Å². The van der Waals surface area contributed by atoms with Gasteiger partial charge >= 0.3 is 5.97 Å². The highest BCUT2D eigenvalue weighted by Gasteiger charge is 2.38. The number of ketones is 1. The predicted molar refractivity (Wildman–Crippen MR) is 85.4 cm³/mol. The van der Waals surface area contributed by atoms with E-state index in [1.165, 1.54) is 41.1 Å². The van der Waals surface area contributed by atoms with Gasteiger partial charge in [-0.2, -0.15) is 0 Å². The van der Waals surface area contributed by atoms with Crippen LogP contribution in [0.15, 0.2) is 12.2 Å². The molecule has 0 saturated heterocycles. The normalized spacial score (nSPS) is 14.3. The Kier molecular flexibility index (Phi) is 11.7. The molecular weight excluding hydrogens is 284 g/mol. The SMILES string of the molecule is CCCCC/C=C/C[C@@H](C(OC)OC)C(C(C)=O)C(=O)OC. The zero-order chi connectivity index (χ0) is 17.0. The van der Waals surface area contributed by atoms with E-state index < -0.39 is 24.1 Å². The number of rotatable bonds is 12. The topological polar surface area (TPSA) is 61.8 Å². The number of ether oxygens (including phenoxy) is 3. The van der Waals surface area contributed by atoms with E-state index in [1.54, 1.807) is 0 Å². The number of methoxy groups -OCH3 is 3. The molecule has 5 heteroatoms. The molecule has 0 radical (unpaired) electrons. The molecule has 0 saturated carbocycles. The second kappa shape index (κ2) is 12.4. The van der Waals surface area contributed by atoms with Gasteiger partial charge in [0.15, 0.2) is 6.29 Å². The summed E-state index contributed by atoms with van der Waals surface area (Å²) in [6.07, 6.45) is 8.48. The quantitative estimate of drug-likeness (QED) is 0.182. The molecule has 0 fully saturated rings. The molecule has 128 valence electrons. The van der Waals surface area contributed by atoms with Crippen LogP contribution in [0.25, 0.3) is 0 Å². The van der Waals surface area contributed by atoms with Crippen LogP contribution in [0.2, 0.25) is 0 Å². The van der Waals surface area contributed by atoms with Gasteiger partial charge in [-0.25, -0.2) is 0 Å². The number of carbonyl (C=O) groups excluding carboxylic acids is 2. The van der Waals surface area contributed by atoms with Gasteiger partial charge < -0.3 is 14.2 Å². The first-order chi connectivity index (χ1) is 10.5. The van der Waals surface area contributed by atoms with E-state index in [1.807, 2.05) is 6.08 Å². The molecule has 0 bridgehead atoms. The molecule has 5 nitrogen and oxygen atoms in total. The summed E-state index contributed by atoms with van der Waals surface area (Å²) in [7, 11) is 4.28. The molecule has 22 heavy (non-hydrogen) atoms. The van der Waals surface area contributed by atoms with Crippen LogP contribution in [0.5, 0.6) is 0 Å². The van der Waals surface area contributed by atoms with E-state index >= 15 is 0 Å².